The quantitative estimate of drug-likeness (QED) is 0.322. The molecule has 1 aliphatic carbocycles. The SMILES string of the molecule is COc1c(C=NC2CCCCC2N=Cc2cc(C(C)(C)C)cc(C(C)(C)C)c2OC)cc(C(C)(C)C)cc1C(C)(C)C. The lowest BCUT2D eigenvalue weighted by Gasteiger charge is -2.29. The van der Waals surface area contributed by atoms with Crippen LogP contribution in [-0.2, 0) is 21.7 Å². The van der Waals surface area contributed by atoms with Crippen LogP contribution in [0.1, 0.15) is 142 Å². The molecule has 0 bridgehead atoms. The molecule has 2 unspecified atom stereocenters. The van der Waals surface area contributed by atoms with Gasteiger partial charge in [0, 0.05) is 34.7 Å². The van der Waals surface area contributed by atoms with Gasteiger partial charge in [-0.25, -0.2) is 0 Å². The second-order valence-corrected chi connectivity index (χ2v) is 16.3. The standard InChI is InChI=1S/C38H58N2O2/c1-35(2,3)27-19-25(33(41-13)29(21-27)37(7,8)9)23-39-31-17-15-16-18-32(31)40-24-26-20-28(36(4,5)6)22-30(34(26)42-14)38(10,11)12/h19-24,31-32H,15-18H2,1-14H3. The number of methoxy groups -OCH3 is 2. The normalized spacial score (nSPS) is 19.1. The molecule has 0 saturated heterocycles. The second-order valence-electron chi connectivity index (χ2n) is 16.3. The van der Waals surface area contributed by atoms with Gasteiger partial charge in [-0.1, -0.05) is 108 Å². The van der Waals surface area contributed by atoms with Gasteiger partial charge in [0.2, 0.25) is 0 Å². The van der Waals surface area contributed by atoms with Gasteiger partial charge in [0.25, 0.3) is 0 Å². The van der Waals surface area contributed by atoms with Crippen molar-refractivity contribution in [3.8, 4) is 11.5 Å². The Kier molecular flexibility index (Phi) is 10.1. The van der Waals surface area contributed by atoms with Crippen molar-refractivity contribution in [2.24, 2.45) is 9.98 Å². The third kappa shape index (κ3) is 8.05. The molecule has 4 heteroatoms. The lowest BCUT2D eigenvalue weighted by molar-refractivity contribution is 0.387. The van der Waals surface area contributed by atoms with Crippen molar-refractivity contribution in [2.75, 3.05) is 14.2 Å². The average molecular weight is 575 g/mol. The van der Waals surface area contributed by atoms with Crippen molar-refractivity contribution < 1.29 is 9.47 Å². The molecule has 3 rings (SSSR count). The minimum atomic E-state index is -0.0422. The van der Waals surface area contributed by atoms with Gasteiger partial charge in [-0.3, -0.25) is 9.98 Å². The number of aliphatic imine (C=N–C) groups is 2. The molecule has 232 valence electrons. The fourth-order valence-corrected chi connectivity index (χ4v) is 5.72. The van der Waals surface area contributed by atoms with Crippen LogP contribution in [0.3, 0.4) is 0 Å². The fourth-order valence-electron chi connectivity index (χ4n) is 5.72. The van der Waals surface area contributed by atoms with Crippen molar-refractivity contribution in [3.63, 3.8) is 0 Å². The first-order valence-corrected chi connectivity index (χ1v) is 15.8. The van der Waals surface area contributed by atoms with Crippen molar-refractivity contribution >= 4 is 12.4 Å². The molecule has 4 nitrogen and oxygen atoms in total. The Morgan fingerprint density at radius 1 is 0.548 bits per heavy atom. The zero-order chi connectivity index (χ0) is 31.7. The van der Waals surface area contributed by atoms with Gasteiger partial charge < -0.3 is 9.47 Å². The summed E-state index contributed by atoms with van der Waals surface area (Å²) in [5.41, 5.74) is 7.11. The van der Waals surface area contributed by atoms with E-state index in [1.165, 1.54) is 35.1 Å². The molecule has 0 aromatic heterocycles. The van der Waals surface area contributed by atoms with Crippen molar-refractivity contribution in [3.05, 3.63) is 57.6 Å². The Balaban J connectivity index is 2.05. The zero-order valence-electron chi connectivity index (χ0n) is 29.2. The summed E-state index contributed by atoms with van der Waals surface area (Å²) in [6.45, 7) is 27.1. The predicted molar refractivity (Wildman–Crippen MR) is 182 cm³/mol. The van der Waals surface area contributed by atoms with E-state index in [1.807, 2.05) is 0 Å². The summed E-state index contributed by atoms with van der Waals surface area (Å²) in [4.78, 5) is 10.4. The Hall–Kier alpha value is -2.62. The molecule has 2 aromatic carbocycles. The molecule has 0 N–H and O–H groups in total. The van der Waals surface area contributed by atoms with E-state index in [1.54, 1.807) is 14.2 Å². The van der Waals surface area contributed by atoms with Gasteiger partial charge in [-0.05, 0) is 57.8 Å². The predicted octanol–water partition coefficient (Wildman–Crippen LogP) is 9.74. The van der Waals surface area contributed by atoms with Gasteiger partial charge in [0.15, 0.2) is 0 Å². The Labute approximate surface area is 257 Å². The molecular weight excluding hydrogens is 516 g/mol. The molecule has 2 atom stereocenters. The minimum Gasteiger partial charge on any atom is -0.496 e. The molecule has 0 radical (unpaired) electrons. The van der Waals surface area contributed by atoms with Crippen molar-refractivity contribution in [1.82, 2.24) is 0 Å². The van der Waals surface area contributed by atoms with Crippen LogP contribution in [0.5, 0.6) is 11.5 Å². The molecule has 1 aliphatic rings. The van der Waals surface area contributed by atoms with E-state index in [9.17, 15) is 0 Å². The van der Waals surface area contributed by atoms with Crippen LogP contribution in [0.2, 0.25) is 0 Å². The summed E-state index contributed by atoms with van der Waals surface area (Å²) in [5.74, 6) is 1.85. The average Bonchev–Trinajstić information content (AvgIpc) is 2.87. The van der Waals surface area contributed by atoms with Gasteiger partial charge >= 0.3 is 0 Å². The van der Waals surface area contributed by atoms with E-state index in [4.69, 9.17) is 19.5 Å². The molecule has 1 fully saturated rings. The fraction of sp³-hybridized carbons (Fsp3) is 0.632. The molecule has 2 aromatic rings. The lowest BCUT2D eigenvalue weighted by atomic mass is 9.79. The van der Waals surface area contributed by atoms with E-state index >= 15 is 0 Å². The van der Waals surface area contributed by atoms with Crippen LogP contribution in [0.15, 0.2) is 34.3 Å². The molecule has 1 saturated carbocycles. The van der Waals surface area contributed by atoms with Gasteiger partial charge in [0.05, 0.1) is 26.3 Å². The molecule has 42 heavy (non-hydrogen) atoms. The Morgan fingerprint density at radius 3 is 1.14 bits per heavy atom. The van der Waals surface area contributed by atoms with E-state index < -0.39 is 0 Å². The minimum absolute atomic E-state index is 0.0269. The van der Waals surface area contributed by atoms with Crippen LogP contribution in [0, 0.1) is 0 Å². The number of hydrogen-bond donors (Lipinski definition) is 0. The van der Waals surface area contributed by atoms with Crippen LogP contribution in [0.25, 0.3) is 0 Å². The zero-order valence-corrected chi connectivity index (χ0v) is 29.2. The summed E-state index contributed by atoms with van der Waals surface area (Å²) in [5, 5.41) is 0. The third-order valence-electron chi connectivity index (χ3n) is 8.50. The number of benzene rings is 2. The summed E-state index contributed by atoms with van der Waals surface area (Å²) in [6, 6.07) is 9.42. The summed E-state index contributed by atoms with van der Waals surface area (Å²) in [7, 11) is 3.55. The highest BCUT2D eigenvalue weighted by Gasteiger charge is 2.28. The number of ether oxygens (including phenoxy) is 2. The van der Waals surface area contributed by atoms with E-state index in [2.05, 4.69) is 120 Å². The number of rotatable bonds is 6. The first-order valence-electron chi connectivity index (χ1n) is 15.8. The Morgan fingerprint density at radius 2 is 0.881 bits per heavy atom. The molecular formula is C38H58N2O2. The molecule has 0 aliphatic heterocycles. The maximum atomic E-state index is 6.01. The highest BCUT2D eigenvalue weighted by molar-refractivity contribution is 5.86. The topological polar surface area (TPSA) is 43.2 Å². The number of hydrogen-bond acceptors (Lipinski definition) is 4. The highest BCUT2D eigenvalue weighted by Crippen LogP contribution is 2.39. The van der Waals surface area contributed by atoms with Gasteiger partial charge in [0.1, 0.15) is 11.5 Å². The first-order chi connectivity index (χ1) is 19.3. The van der Waals surface area contributed by atoms with Gasteiger partial charge in [-0.2, -0.15) is 0 Å². The third-order valence-corrected chi connectivity index (χ3v) is 8.50. The van der Waals surface area contributed by atoms with E-state index in [0.29, 0.717) is 0 Å². The highest BCUT2D eigenvalue weighted by atomic mass is 16.5. The number of nitrogens with zero attached hydrogens (tertiary/aromatic N) is 2. The maximum Gasteiger partial charge on any atom is 0.131 e. The molecule has 0 amide bonds. The van der Waals surface area contributed by atoms with E-state index in [-0.39, 0.29) is 33.7 Å². The lowest BCUT2D eigenvalue weighted by Crippen LogP contribution is -2.27. The summed E-state index contributed by atoms with van der Waals surface area (Å²) < 4.78 is 12.0. The maximum absolute atomic E-state index is 6.01. The monoisotopic (exact) mass is 574 g/mol. The van der Waals surface area contributed by atoms with Crippen LogP contribution < -0.4 is 9.47 Å². The summed E-state index contributed by atoms with van der Waals surface area (Å²) >= 11 is 0. The Bertz CT molecular complexity index is 1190. The van der Waals surface area contributed by atoms with E-state index in [0.717, 1.165) is 35.5 Å². The smallest absolute Gasteiger partial charge is 0.131 e. The van der Waals surface area contributed by atoms with Crippen molar-refractivity contribution in [2.45, 2.75) is 143 Å². The molecule has 0 spiro atoms. The van der Waals surface area contributed by atoms with Crippen LogP contribution >= 0.6 is 0 Å². The van der Waals surface area contributed by atoms with Crippen molar-refractivity contribution in [1.29, 1.82) is 0 Å². The second kappa shape index (κ2) is 12.5. The first kappa shape index (κ1) is 33.9. The summed E-state index contributed by atoms with van der Waals surface area (Å²) in [6.07, 6.45) is 8.55. The largest absolute Gasteiger partial charge is 0.496 e. The van der Waals surface area contributed by atoms with Crippen LogP contribution in [0.4, 0.5) is 0 Å². The molecule has 0 heterocycles. The van der Waals surface area contributed by atoms with Gasteiger partial charge in [-0.15, -0.1) is 0 Å². The van der Waals surface area contributed by atoms with Crippen LogP contribution in [-0.4, -0.2) is 38.7 Å².